The van der Waals surface area contributed by atoms with E-state index in [4.69, 9.17) is 0 Å². The molecule has 5 heteroatoms. The summed E-state index contributed by atoms with van der Waals surface area (Å²) in [5, 5.41) is 3.18. The molecule has 0 aromatic heterocycles. The van der Waals surface area contributed by atoms with Crippen LogP contribution in [0.5, 0.6) is 0 Å². The van der Waals surface area contributed by atoms with Crippen LogP contribution in [0, 0.1) is 0 Å². The molecule has 1 nitrogen and oxygen atoms in total. The van der Waals surface area contributed by atoms with Gasteiger partial charge in [0.2, 0.25) is 0 Å². The Morgan fingerprint density at radius 3 is 2.24 bits per heavy atom. The predicted octanol–water partition coefficient (Wildman–Crippen LogP) is 3.50. The molecular weight excluding hydrogens is 251 g/mol. The standard InChI is InChI=1S/C12H12F3N.ClH/c13-12(14,15)11-3-1-9(2-4-11)7-10-5-6-16-8-10;/h1-4,7,16H,5-6,8H2;1H/b10-7+;. The molecule has 1 aliphatic rings. The summed E-state index contributed by atoms with van der Waals surface area (Å²) in [7, 11) is 0. The van der Waals surface area contributed by atoms with Crippen LogP contribution in [0.25, 0.3) is 6.08 Å². The molecule has 1 saturated heterocycles. The van der Waals surface area contributed by atoms with Gasteiger partial charge in [-0.25, -0.2) is 0 Å². The number of rotatable bonds is 1. The number of halogens is 4. The topological polar surface area (TPSA) is 12.0 Å². The van der Waals surface area contributed by atoms with E-state index < -0.39 is 11.7 Å². The molecule has 0 aliphatic carbocycles. The molecule has 2 rings (SSSR count). The molecule has 1 fully saturated rings. The maximum atomic E-state index is 12.3. The van der Waals surface area contributed by atoms with E-state index >= 15 is 0 Å². The number of nitrogens with one attached hydrogen (secondary N) is 1. The third-order valence-corrected chi connectivity index (χ3v) is 2.58. The zero-order valence-electron chi connectivity index (χ0n) is 9.05. The molecule has 0 radical (unpaired) electrons. The van der Waals surface area contributed by atoms with Crippen molar-refractivity contribution in [3.05, 3.63) is 41.0 Å². The third-order valence-electron chi connectivity index (χ3n) is 2.58. The van der Waals surface area contributed by atoms with Crippen LogP contribution < -0.4 is 5.32 Å². The second kappa shape index (κ2) is 5.56. The summed E-state index contributed by atoms with van der Waals surface area (Å²) < 4.78 is 36.9. The highest BCUT2D eigenvalue weighted by Gasteiger charge is 2.29. The first-order valence-electron chi connectivity index (χ1n) is 5.13. The Kier molecular flexibility index (Phi) is 4.60. The molecule has 0 spiro atoms. The molecule has 0 bridgehead atoms. The lowest BCUT2D eigenvalue weighted by Gasteiger charge is -2.06. The van der Waals surface area contributed by atoms with Crippen LogP contribution in [0.4, 0.5) is 13.2 Å². The minimum Gasteiger partial charge on any atom is -0.313 e. The quantitative estimate of drug-likeness (QED) is 0.818. The van der Waals surface area contributed by atoms with Crippen molar-refractivity contribution in [2.24, 2.45) is 0 Å². The Morgan fingerprint density at radius 1 is 1.12 bits per heavy atom. The number of alkyl halides is 3. The van der Waals surface area contributed by atoms with Crippen LogP contribution in [0.1, 0.15) is 17.5 Å². The lowest BCUT2D eigenvalue weighted by atomic mass is 10.1. The van der Waals surface area contributed by atoms with Gasteiger partial charge in [-0.2, -0.15) is 13.2 Å². The van der Waals surface area contributed by atoms with Crippen molar-refractivity contribution >= 4 is 18.5 Å². The Hall–Kier alpha value is -1.00. The molecule has 17 heavy (non-hydrogen) atoms. The van der Waals surface area contributed by atoms with Gasteiger partial charge in [0.15, 0.2) is 0 Å². The van der Waals surface area contributed by atoms with Crippen LogP contribution in [-0.4, -0.2) is 13.1 Å². The first-order chi connectivity index (χ1) is 7.55. The summed E-state index contributed by atoms with van der Waals surface area (Å²) in [5.41, 5.74) is 1.46. The van der Waals surface area contributed by atoms with Crippen molar-refractivity contribution in [2.45, 2.75) is 12.6 Å². The summed E-state index contributed by atoms with van der Waals surface area (Å²) in [6.07, 6.45) is -1.33. The molecule has 0 saturated carbocycles. The van der Waals surface area contributed by atoms with E-state index in [1.54, 1.807) is 0 Å². The molecule has 0 atom stereocenters. The second-order valence-electron chi connectivity index (χ2n) is 3.85. The van der Waals surface area contributed by atoms with Crippen LogP contribution in [-0.2, 0) is 6.18 Å². The van der Waals surface area contributed by atoms with Crippen molar-refractivity contribution in [1.82, 2.24) is 5.32 Å². The second-order valence-corrected chi connectivity index (χ2v) is 3.85. The highest BCUT2D eigenvalue weighted by molar-refractivity contribution is 5.85. The van der Waals surface area contributed by atoms with Crippen molar-refractivity contribution in [2.75, 3.05) is 13.1 Å². The number of hydrogen-bond donors (Lipinski definition) is 1. The molecule has 1 aliphatic heterocycles. The Labute approximate surface area is 104 Å². The fourth-order valence-corrected chi connectivity index (χ4v) is 1.71. The zero-order valence-corrected chi connectivity index (χ0v) is 9.87. The average molecular weight is 264 g/mol. The van der Waals surface area contributed by atoms with Crippen LogP contribution in [0.3, 0.4) is 0 Å². The van der Waals surface area contributed by atoms with Crippen molar-refractivity contribution in [3.63, 3.8) is 0 Å². The molecule has 1 aromatic rings. The highest BCUT2D eigenvalue weighted by Crippen LogP contribution is 2.29. The van der Waals surface area contributed by atoms with E-state index in [0.717, 1.165) is 37.2 Å². The van der Waals surface area contributed by atoms with Gasteiger partial charge < -0.3 is 5.32 Å². The molecule has 0 amide bonds. The first-order valence-corrected chi connectivity index (χ1v) is 5.13. The van der Waals surface area contributed by atoms with E-state index in [9.17, 15) is 13.2 Å². The van der Waals surface area contributed by atoms with Crippen molar-refractivity contribution < 1.29 is 13.2 Å². The minimum atomic E-state index is -4.25. The van der Waals surface area contributed by atoms with Crippen LogP contribution >= 0.6 is 12.4 Å². The van der Waals surface area contributed by atoms with Crippen molar-refractivity contribution in [3.8, 4) is 0 Å². The van der Waals surface area contributed by atoms with Gasteiger partial charge >= 0.3 is 6.18 Å². The SMILES string of the molecule is Cl.FC(F)(F)c1ccc(/C=C2\CCNC2)cc1. The normalized spacial score (nSPS) is 18.2. The van der Waals surface area contributed by atoms with Gasteiger partial charge in [-0.1, -0.05) is 23.8 Å². The lowest BCUT2D eigenvalue weighted by molar-refractivity contribution is -0.137. The van der Waals surface area contributed by atoms with E-state index in [0.29, 0.717) is 0 Å². The number of hydrogen-bond acceptors (Lipinski definition) is 1. The van der Waals surface area contributed by atoms with Crippen molar-refractivity contribution in [1.29, 1.82) is 0 Å². The molecule has 1 aromatic carbocycles. The molecule has 0 unspecified atom stereocenters. The molecular formula is C12H13ClF3N. The highest BCUT2D eigenvalue weighted by atomic mass is 35.5. The van der Waals surface area contributed by atoms with Crippen LogP contribution in [0.15, 0.2) is 29.8 Å². The molecule has 1 heterocycles. The van der Waals surface area contributed by atoms with Gasteiger partial charge in [0.05, 0.1) is 5.56 Å². The Bertz CT molecular complexity index is 387. The smallest absolute Gasteiger partial charge is 0.313 e. The van der Waals surface area contributed by atoms with Gasteiger partial charge in [-0.15, -0.1) is 12.4 Å². The Balaban J connectivity index is 0.00000144. The summed E-state index contributed by atoms with van der Waals surface area (Å²) in [6.45, 7) is 1.79. The van der Waals surface area contributed by atoms with Gasteiger partial charge in [0.25, 0.3) is 0 Å². The van der Waals surface area contributed by atoms with E-state index in [2.05, 4.69) is 5.32 Å². The summed E-state index contributed by atoms with van der Waals surface area (Å²) in [5.74, 6) is 0. The zero-order chi connectivity index (χ0) is 11.6. The van der Waals surface area contributed by atoms with E-state index in [1.165, 1.54) is 17.7 Å². The number of benzene rings is 1. The average Bonchev–Trinajstić information content (AvgIpc) is 2.70. The lowest BCUT2D eigenvalue weighted by Crippen LogP contribution is -2.04. The Morgan fingerprint density at radius 2 is 1.76 bits per heavy atom. The van der Waals surface area contributed by atoms with E-state index in [-0.39, 0.29) is 12.4 Å². The summed E-state index contributed by atoms with van der Waals surface area (Å²) >= 11 is 0. The van der Waals surface area contributed by atoms with Gasteiger partial charge in [-0.3, -0.25) is 0 Å². The maximum Gasteiger partial charge on any atom is 0.416 e. The third kappa shape index (κ3) is 3.75. The van der Waals surface area contributed by atoms with Gasteiger partial charge in [-0.05, 0) is 30.7 Å². The van der Waals surface area contributed by atoms with Gasteiger partial charge in [0.1, 0.15) is 0 Å². The largest absolute Gasteiger partial charge is 0.416 e. The maximum absolute atomic E-state index is 12.3. The first kappa shape index (κ1) is 14.1. The van der Waals surface area contributed by atoms with Crippen LogP contribution in [0.2, 0.25) is 0 Å². The predicted molar refractivity (Wildman–Crippen MR) is 64.2 cm³/mol. The monoisotopic (exact) mass is 263 g/mol. The minimum absolute atomic E-state index is 0. The fraction of sp³-hybridized carbons (Fsp3) is 0.333. The molecule has 1 N–H and O–H groups in total. The molecule has 94 valence electrons. The fourth-order valence-electron chi connectivity index (χ4n) is 1.71. The van der Waals surface area contributed by atoms with Gasteiger partial charge in [0, 0.05) is 6.54 Å². The summed E-state index contributed by atoms with van der Waals surface area (Å²) in [4.78, 5) is 0. The van der Waals surface area contributed by atoms with E-state index in [1.807, 2.05) is 6.08 Å². The summed E-state index contributed by atoms with van der Waals surface area (Å²) in [6, 6.07) is 5.26.